The van der Waals surface area contributed by atoms with E-state index in [1.54, 1.807) is 54.6 Å². The molecule has 0 aromatic heterocycles. The molecular formula is C18H14Cl2O3. The first-order valence-corrected chi connectivity index (χ1v) is 7.77. The van der Waals surface area contributed by atoms with Crippen LogP contribution in [-0.4, -0.2) is 19.2 Å². The van der Waals surface area contributed by atoms with Gasteiger partial charge in [-0.2, -0.15) is 0 Å². The van der Waals surface area contributed by atoms with E-state index in [9.17, 15) is 4.79 Å². The number of hydrogen-bond acceptors (Lipinski definition) is 3. The van der Waals surface area contributed by atoms with Crippen molar-refractivity contribution < 1.29 is 14.3 Å². The molecule has 118 valence electrons. The molecule has 0 amide bonds. The van der Waals surface area contributed by atoms with Crippen LogP contribution in [0.15, 0.2) is 60.7 Å². The number of hydrogen-bond donors (Lipinski definition) is 0. The molecule has 2 aromatic rings. The Morgan fingerprint density at radius 1 is 0.957 bits per heavy atom. The van der Waals surface area contributed by atoms with Crippen molar-refractivity contribution in [3.05, 3.63) is 81.9 Å². The van der Waals surface area contributed by atoms with E-state index in [4.69, 9.17) is 32.7 Å². The molecule has 23 heavy (non-hydrogen) atoms. The normalized spacial score (nSPS) is 19.8. The summed E-state index contributed by atoms with van der Waals surface area (Å²) in [6, 6.07) is 14.0. The molecule has 3 rings (SSSR count). The molecule has 0 N–H and O–H groups in total. The van der Waals surface area contributed by atoms with E-state index in [0.717, 1.165) is 0 Å². The lowest BCUT2D eigenvalue weighted by Gasteiger charge is -2.37. The van der Waals surface area contributed by atoms with Gasteiger partial charge in [0, 0.05) is 17.2 Å². The van der Waals surface area contributed by atoms with Gasteiger partial charge < -0.3 is 9.47 Å². The van der Waals surface area contributed by atoms with E-state index in [2.05, 4.69) is 0 Å². The van der Waals surface area contributed by atoms with Crippen LogP contribution in [0.4, 0.5) is 0 Å². The minimum Gasteiger partial charge on any atom is -0.352 e. The quantitative estimate of drug-likeness (QED) is 0.826. The van der Waals surface area contributed by atoms with Gasteiger partial charge in [-0.15, -0.1) is 0 Å². The Bertz CT molecular complexity index is 690. The summed E-state index contributed by atoms with van der Waals surface area (Å²) in [6.45, 7) is 0. The molecule has 2 aromatic carbocycles. The first-order valence-electron chi connectivity index (χ1n) is 7.01. The number of halogens is 2. The van der Waals surface area contributed by atoms with Crippen molar-refractivity contribution in [3.63, 3.8) is 0 Å². The van der Waals surface area contributed by atoms with E-state index in [-0.39, 0.29) is 5.78 Å². The highest BCUT2D eigenvalue weighted by Gasteiger charge is 2.45. The highest BCUT2D eigenvalue weighted by atomic mass is 35.5. The Labute approximate surface area is 144 Å². The van der Waals surface area contributed by atoms with Crippen molar-refractivity contribution in [2.24, 2.45) is 0 Å². The average molecular weight is 349 g/mol. The SMILES string of the molecule is COC1C=CC(=O)C(c2ccc(Cl)cc2)(c2ccc(Cl)cc2)O1. The molecule has 0 bridgehead atoms. The van der Waals surface area contributed by atoms with E-state index >= 15 is 0 Å². The van der Waals surface area contributed by atoms with Crippen LogP contribution in [0.1, 0.15) is 11.1 Å². The van der Waals surface area contributed by atoms with Gasteiger partial charge in [0.15, 0.2) is 17.7 Å². The van der Waals surface area contributed by atoms with E-state index in [0.29, 0.717) is 21.2 Å². The predicted molar refractivity (Wildman–Crippen MR) is 89.7 cm³/mol. The summed E-state index contributed by atoms with van der Waals surface area (Å²) in [7, 11) is 1.53. The van der Waals surface area contributed by atoms with Gasteiger partial charge in [-0.25, -0.2) is 0 Å². The second-order valence-electron chi connectivity index (χ2n) is 5.14. The van der Waals surface area contributed by atoms with Crippen molar-refractivity contribution in [1.29, 1.82) is 0 Å². The lowest BCUT2D eigenvalue weighted by Crippen LogP contribution is -2.45. The largest absolute Gasteiger partial charge is 0.352 e. The molecule has 1 atom stereocenters. The maximum absolute atomic E-state index is 12.8. The van der Waals surface area contributed by atoms with Gasteiger partial charge in [-0.05, 0) is 47.5 Å². The molecule has 0 saturated carbocycles. The lowest BCUT2D eigenvalue weighted by molar-refractivity contribution is -0.179. The van der Waals surface area contributed by atoms with Gasteiger partial charge >= 0.3 is 0 Å². The fourth-order valence-electron chi connectivity index (χ4n) is 2.64. The molecule has 3 nitrogen and oxygen atoms in total. The third-order valence-corrected chi connectivity index (χ3v) is 4.28. The topological polar surface area (TPSA) is 35.5 Å². The fraction of sp³-hybridized carbons (Fsp3) is 0.167. The number of ketones is 1. The molecule has 1 heterocycles. The van der Waals surface area contributed by atoms with Crippen molar-refractivity contribution >= 4 is 29.0 Å². The number of methoxy groups -OCH3 is 1. The maximum atomic E-state index is 12.8. The van der Waals surface area contributed by atoms with Crippen LogP contribution in [0.25, 0.3) is 0 Å². The third kappa shape index (κ3) is 2.93. The van der Waals surface area contributed by atoms with Gasteiger partial charge in [0.1, 0.15) is 0 Å². The molecule has 0 radical (unpaired) electrons. The molecule has 0 saturated heterocycles. The Balaban J connectivity index is 2.20. The Morgan fingerprint density at radius 2 is 1.43 bits per heavy atom. The molecule has 0 fully saturated rings. The second-order valence-corrected chi connectivity index (χ2v) is 6.01. The summed E-state index contributed by atoms with van der Waals surface area (Å²) < 4.78 is 11.3. The number of benzene rings is 2. The summed E-state index contributed by atoms with van der Waals surface area (Å²) in [4.78, 5) is 12.8. The Morgan fingerprint density at radius 3 is 1.87 bits per heavy atom. The first kappa shape index (κ1) is 16.2. The monoisotopic (exact) mass is 348 g/mol. The van der Waals surface area contributed by atoms with Gasteiger partial charge in [0.2, 0.25) is 0 Å². The molecule has 0 spiro atoms. The number of ether oxygens (including phenoxy) is 2. The number of carbonyl (C=O) groups is 1. The summed E-state index contributed by atoms with van der Waals surface area (Å²) in [5, 5.41) is 1.17. The van der Waals surface area contributed by atoms with E-state index in [1.165, 1.54) is 13.2 Å². The van der Waals surface area contributed by atoms with E-state index < -0.39 is 11.9 Å². The second kappa shape index (κ2) is 6.46. The Hall–Kier alpha value is -1.65. The minimum absolute atomic E-state index is 0.185. The summed E-state index contributed by atoms with van der Waals surface area (Å²) in [5.41, 5.74) is 0.0752. The van der Waals surface area contributed by atoms with Crippen LogP contribution in [0.2, 0.25) is 10.0 Å². The molecule has 5 heteroatoms. The van der Waals surface area contributed by atoms with Crippen LogP contribution in [0.5, 0.6) is 0 Å². The third-order valence-electron chi connectivity index (χ3n) is 3.78. The van der Waals surface area contributed by atoms with E-state index in [1.807, 2.05) is 0 Å². The predicted octanol–water partition coefficient (Wildman–Crippen LogP) is 4.37. The zero-order chi connectivity index (χ0) is 16.4. The minimum atomic E-state index is -1.29. The van der Waals surface area contributed by atoms with Crippen molar-refractivity contribution in [1.82, 2.24) is 0 Å². The fourth-order valence-corrected chi connectivity index (χ4v) is 2.89. The number of rotatable bonds is 3. The van der Waals surface area contributed by atoms with Crippen molar-refractivity contribution in [3.8, 4) is 0 Å². The van der Waals surface area contributed by atoms with Crippen LogP contribution < -0.4 is 0 Å². The molecule has 1 aliphatic rings. The van der Waals surface area contributed by atoms with Gasteiger partial charge in [-0.1, -0.05) is 47.5 Å². The average Bonchev–Trinajstić information content (AvgIpc) is 2.57. The molecule has 0 aliphatic carbocycles. The van der Waals surface area contributed by atoms with Gasteiger partial charge in [0.05, 0.1) is 0 Å². The number of carbonyl (C=O) groups excluding carboxylic acids is 1. The lowest BCUT2D eigenvalue weighted by atomic mass is 9.81. The molecule has 1 aliphatic heterocycles. The highest BCUT2D eigenvalue weighted by Crippen LogP contribution is 2.39. The van der Waals surface area contributed by atoms with Crippen LogP contribution in [0, 0.1) is 0 Å². The molecule has 1 unspecified atom stereocenters. The first-order chi connectivity index (χ1) is 11.1. The van der Waals surface area contributed by atoms with Gasteiger partial charge in [0.25, 0.3) is 0 Å². The summed E-state index contributed by atoms with van der Waals surface area (Å²) >= 11 is 11.9. The highest BCUT2D eigenvalue weighted by molar-refractivity contribution is 6.30. The maximum Gasteiger partial charge on any atom is 0.196 e. The van der Waals surface area contributed by atoms with Crippen LogP contribution in [-0.2, 0) is 19.9 Å². The van der Waals surface area contributed by atoms with Crippen LogP contribution >= 0.6 is 23.2 Å². The van der Waals surface area contributed by atoms with Crippen LogP contribution in [0.3, 0.4) is 0 Å². The smallest absolute Gasteiger partial charge is 0.196 e. The molecular weight excluding hydrogens is 335 g/mol. The zero-order valence-electron chi connectivity index (χ0n) is 12.3. The standard InChI is InChI=1S/C18H14Cl2O3/c1-22-17-11-10-16(21)18(23-17,12-2-6-14(19)7-3-12)13-4-8-15(20)9-5-13/h2-11,17H,1H3. The Kier molecular flexibility index (Phi) is 4.55. The zero-order valence-corrected chi connectivity index (χ0v) is 13.8. The van der Waals surface area contributed by atoms with Crippen molar-refractivity contribution in [2.45, 2.75) is 11.9 Å². The summed E-state index contributed by atoms with van der Waals surface area (Å²) in [5.74, 6) is -0.185. The van der Waals surface area contributed by atoms with Crippen molar-refractivity contribution in [2.75, 3.05) is 7.11 Å². The van der Waals surface area contributed by atoms with Gasteiger partial charge in [-0.3, -0.25) is 4.79 Å². The summed E-state index contributed by atoms with van der Waals surface area (Å²) in [6.07, 6.45) is 2.45.